The number of aliphatic carboxylic acids is 1. The number of carboxylic acids is 1. The van der Waals surface area contributed by atoms with Crippen LogP contribution in [0, 0.1) is 6.92 Å². The lowest BCUT2D eigenvalue weighted by molar-refractivity contribution is -0.307. The smallest absolute Gasteiger partial charge is 0.281 e. The lowest BCUT2D eigenvalue weighted by Gasteiger charge is -2.13. The van der Waals surface area contributed by atoms with Crippen LogP contribution in [0.1, 0.15) is 11.1 Å². The van der Waals surface area contributed by atoms with E-state index in [-0.39, 0.29) is 5.91 Å². The SMILES string of the molecule is Cc1ccc(N2C(=O)/C(=C\c3ccc(OCC(=O)[O-])cc3)NC2=S)cc1. The van der Waals surface area contributed by atoms with Crippen LogP contribution in [0.5, 0.6) is 5.75 Å². The Morgan fingerprint density at radius 1 is 1.19 bits per heavy atom. The molecule has 3 rings (SSSR count). The minimum Gasteiger partial charge on any atom is -0.546 e. The average molecular weight is 367 g/mol. The summed E-state index contributed by atoms with van der Waals surface area (Å²) in [6.07, 6.45) is 1.67. The van der Waals surface area contributed by atoms with E-state index in [1.807, 2.05) is 31.2 Å². The zero-order chi connectivity index (χ0) is 18.7. The molecule has 1 aliphatic rings. The van der Waals surface area contributed by atoms with Gasteiger partial charge in [-0.3, -0.25) is 9.69 Å². The maximum Gasteiger partial charge on any atom is 0.281 e. The fourth-order valence-electron chi connectivity index (χ4n) is 2.43. The largest absolute Gasteiger partial charge is 0.546 e. The molecule has 1 N–H and O–H groups in total. The summed E-state index contributed by atoms with van der Waals surface area (Å²) in [5.41, 5.74) is 2.90. The van der Waals surface area contributed by atoms with Crippen LogP contribution in [0.2, 0.25) is 0 Å². The Labute approximate surface area is 155 Å². The molecule has 0 unspecified atom stereocenters. The number of hydrogen-bond acceptors (Lipinski definition) is 5. The lowest BCUT2D eigenvalue weighted by atomic mass is 10.1. The van der Waals surface area contributed by atoms with Crippen molar-refractivity contribution in [2.75, 3.05) is 11.5 Å². The van der Waals surface area contributed by atoms with Gasteiger partial charge in [0.1, 0.15) is 18.1 Å². The molecule has 0 bridgehead atoms. The third-order valence-electron chi connectivity index (χ3n) is 3.72. The molecular weight excluding hydrogens is 352 g/mol. The molecule has 0 aliphatic carbocycles. The van der Waals surface area contributed by atoms with Crippen LogP contribution in [0.3, 0.4) is 0 Å². The molecule has 0 spiro atoms. The van der Waals surface area contributed by atoms with Crippen molar-refractivity contribution in [1.29, 1.82) is 0 Å². The first-order valence-electron chi connectivity index (χ1n) is 7.80. The maximum absolute atomic E-state index is 12.7. The second-order valence-electron chi connectivity index (χ2n) is 5.69. The van der Waals surface area contributed by atoms with Crippen molar-refractivity contribution in [3.8, 4) is 5.75 Å². The van der Waals surface area contributed by atoms with Gasteiger partial charge >= 0.3 is 0 Å². The monoisotopic (exact) mass is 367 g/mol. The number of anilines is 1. The van der Waals surface area contributed by atoms with E-state index in [0.29, 0.717) is 22.2 Å². The molecule has 7 heteroatoms. The first kappa shape index (κ1) is 17.6. The van der Waals surface area contributed by atoms with E-state index in [0.717, 1.165) is 11.1 Å². The highest BCUT2D eigenvalue weighted by Crippen LogP contribution is 2.23. The average Bonchev–Trinajstić information content (AvgIpc) is 2.89. The van der Waals surface area contributed by atoms with Crippen molar-refractivity contribution < 1.29 is 19.4 Å². The molecule has 0 radical (unpaired) electrons. The van der Waals surface area contributed by atoms with Crippen LogP contribution in [0.4, 0.5) is 5.69 Å². The third-order valence-corrected chi connectivity index (χ3v) is 4.00. The van der Waals surface area contributed by atoms with E-state index in [2.05, 4.69) is 5.32 Å². The highest BCUT2D eigenvalue weighted by Gasteiger charge is 2.31. The molecule has 1 heterocycles. The Bertz CT molecular complexity index is 889. The molecule has 6 nitrogen and oxygen atoms in total. The first-order chi connectivity index (χ1) is 12.4. The summed E-state index contributed by atoms with van der Waals surface area (Å²) in [5.74, 6) is -1.13. The van der Waals surface area contributed by atoms with Crippen molar-refractivity contribution in [2.24, 2.45) is 0 Å². The van der Waals surface area contributed by atoms with Crippen LogP contribution in [-0.2, 0) is 9.59 Å². The third kappa shape index (κ3) is 3.89. The summed E-state index contributed by atoms with van der Waals surface area (Å²) in [5, 5.41) is 13.6. The molecular formula is C19H15N2O4S-. The van der Waals surface area contributed by atoms with Crippen molar-refractivity contribution >= 4 is 41.0 Å². The van der Waals surface area contributed by atoms with Crippen LogP contribution in [-0.4, -0.2) is 23.6 Å². The van der Waals surface area contributed by atoms with Crippen LogP contribution < -0.4 is 20.1 Å². The van der Waals surface area contributed by atoms with E-state index in [1.165, 1.54) is 4.90 Å². The van der Waals surface area contributed by atoms with Gasteiger partial charge < -0.3 is 20.0 Å². The standard InChI is InChI=1S/C19H16N2O4S/c1-12-2-6-14(7-3-12)21-18(24)16(20-19(21)26)10-13-4-8-15(9-5-13)25-11-17(22)23/h2-10H,11H2,1H3,(H,20,26)(H,22,23)/p-1/b16-10+. The molecule has 1 aliphatic heterocycles. The molecule has 0 aromatic heterocycles. The number of amides is 1. The van der Waals surface area contributed by atoms with E-state index in [1.54, 1.807) is 30.3 Å². The van der Waals surface area contributed by atoms with Crippen LogP contribution in [0.25, 0.3) is 6.08 Å². The molecule has 132 valence electrons. The van der Waals surface area contributed by atoms with Crippen molar-refractivity contribution in [1.82, 2.24) is 5.32 Å². The Kier molecular flexibility index (Phi) is 4.99. The summed E-state index contributed by atoms with van der Waals surface area (Å²) >= 11 is 5.28. The molecule has 26 heavy (non-hydrogen) atoms. The Hall–Kier alpha value is -3.19. The minimum absolute atomic E-state index is 0.240. The molecule has 1 amide bonds. The number of nitrogens with one attached hydrogen (secondary N) is 1. The number of benzene rings is 2. The number of ether oxygens (including phenoxy) is 1. The van der Waals surface area contributed by atoms with Gasteiger partial charge in [0, 0.05) is 0 Å². The van der Waals surface area contributed by atoms with E-state index >= 15 is 0 Å². The lowest BCUT2D eigenvalue weighted by Crippen LogP contribution is -2.30. The van der Waals surface area contributed by atoms with Crippen molar-refractivity contribution in [3.63, 3.8) is 0 Å². The topological polar surface area (TPSA) is 81.7 Å². The minimum atomic E-state index is -1.29. The second-order valence-corrected chi connectivity index (χ2v) is 6.08. The fraction of sp³-hybridized carbons (Fsp3) is 0.105. The molecule has 2 aromatic carbocycles. The molecule has 1 saturated heterocycles. The van der Waals surface area contributed by atoms with E-state index < -0.39 is 12.6 Å². The predicted molar refractivity (Wildman–Crippen MR) is 99.3 cm³/mol. The summed E-state index contributed by atoms with van der Waals surface area (Å²) in [6, 6.07) is 14.2. The Balaban J connectivity index is 1.77. The predicted octanol–water partition coefficient (Wildman–Crippen LogP) is 1.39. The quantitative estimate of drug-likeness (QED) is 0.635. The van der Waals surface area contributed by atoms with E-state index in [9.17, 15) is 14.7 Å². The number of aryl methyl sites for hydroxylation is 1. The summed E-state index contributed by atoms with van der Waals surface area (Å²) in [4.78, 5) is 24.5. The highest BCUT2D eigenvalue weighted by atomic mass is 32.1. The number of nitrogens with zero attached hydrogens (tertiary/aromatic N) is 1. The zero-order valence-corrected chi connectivity index (χ0v) is 14.7. The Morgan fingerprint density at radius 3 is 2.46 bits per heavy atom. The molecule has 0 atom stereocenters. The van der Waals surface area contributed by atoms with Crippen LogP contribution in [0.15, 0.2) is 54.2 Å². The number of hydrogen-bond donors (Lipinski definition) is 1. The van der Waals surface area contributed by atoms with Gasteiger partial charge in [0.15, 0.2) is 5.11 Å². The second kappa shape index (κ2) is 7.37. The molecule has 0 saturated carbocycles. The molecule has 2 aromatic rings. The van der Waals surface area contributed by atoms with Crippen LogP contribution >= 0.6 is 12.2 Å². The summed E-state index contributed by atoms with van der Waals surface area (Å²) in [7, 11) is 0. The number of thiocarbonyl (C=S) groups is 1. The molecule has 1 fully saturated rings. The van der Waals surface area contributed by atoms with Gasteiger partial charge in [-0.25, -0.2) is 0 Å². The summed E-state index contributed by atoms with van der Waals surface area (Å²) < 4.78 is 5.02. The van der Waals surface area contributed by atoms with Gasteiger partial charge in [0.25, 0.3) is 5.91 Å². The van der Waals surface area contributed by atoms with Gasteiger partial charge in [0.05, 0.1) is 11.7 Å². The van der Waals surface area contributed by atoms with Gasteiger partial charge in [0.2, 0.25) is 0 Å². The number of carbonyl (C=O) groups is 2. The van der Waals surface area contributed by atoms with Crippen molar-refractivity contribution in [3.05, 3.63) is 65.4 Å². The first-order valence-corrected chi connectivity index (χ1v) is 8.21. The number of carbonyl (C=O) groups excluding carboxylic acids is 2. The highest BCUT2D eigenvalue weighted by molar-refractivity contribution is 7.80. The van der Waals surface area contributed by atoms with Gasteiger partial charge in [-0.05, 0) is 55.0 Å². The van der Waals surface area contributed by atoms with Gasteiger partial charge in [-0.1, -0.05) is 29.8 Å². The maximum atomic E-state index is 12.7. The fourth-order valence-corrected chi connectivity index (χ4v) is 2.73. The normalized spacial score (nSPS) is 15.3. The number of rotatable bonds is 5. The van der Waals surface area contributed by atoms with E-state index in [4.69, 9.17) is 17.0 Å². The number of carboxylic acid groups (broad SMARTS) is 1. The summed E-state index contributed by atoms with van der Waals surface area (Å²) in [6.45, 7) is 1.46. The Morgan fingerprint density at radius 2 is 1.85 bits per heavy atom. The van der Waals surface area contributed by atoms with Gasteiger partial charge in [-0.2, -0.15) is 0 Å². The van der Waals surface area contributed by atoms with Gasteiger partial charge in [-0.15, -0.1) is 0 Å². The van der Waals surface area contributed by atoms with Crippen molar-refractivity contribution in [2.45, 2.75) is 6.92 Å². The zero-order valence-electron chi connectivity index (χ0n) is 13.9.